The zero-order valence-electron chi connectivity index (χ0n) is 14.4. The largest absolute Gasteiger partial charge is 0.489 e. The number of benzene rings is 1. The van der Waals surface area contributed by atoms with E-state index in [-0.39, 0.29) is 0 Å². The first-order valence-corrected chi connectivity index (χ1v) is 8.10. The van der Waals surface area contributed by atoms with E-state index in [2.05, 4.69) is 47.4 Å². The molecule has 0 aliphatic carbocycles. The Balaban J connectivity index is 1.85. The number of aromatic nitrogens is 2. The number of imidazole rings is 1. The number of nitrogens with one attached hydrogen (secondary N) is 1. The maximum atomic E-state index is 5.68. The Labute approximate surface area is 139 Å². The van der Waals surface area contributed by atoms with Crippen LogP contribution in [0.2, 0.25) is 0 Å². The highest BCUT2D eigenvalue weighted by molar-refractivity contribution is 5.28. The minimum absolute atomic E-state index is 0.561. The number of rotatable bonds is 9. The summed E-state index contributed by atoms with van der Waals surface area (Å²) in [6.45, 7) is 13.4. The van der Waals surface area contributed by atoms with Gasteiger partial charge >= 0.3 is 0 Å². The lowest BCUT2D eigenvalue weighted by Crippen LogP contribution is -2.17. The third-order valence-electron chi connectivity index (χ3n) is 3.38. The Bertz CT molecular complexity index is 631. The summed E-state index contributed by atoms with van der Waals surface area (Å²) in [7, 11) is 0. The van der Waals surface area contributed by atoms with Crippen molar-refractivity contribution in [1.82, 2.24) is 14.9 Å². The molecule has 1 heterocycles. The van der Waals surface area contributed by atoms with Crippen molar-refractivity contribution in [2.45, 2.75) is 40.4 Å². The van der Waals surface area contributed by atoms with Gasteiger partial charge in [0.2, 0.25) is 0 Å². The van der Waals surface area contributed by atoms with E-state index < -0.39 is 0 Å². The van der Waals surface area contributed by atoms with Gasteiger partial charge in [-0.2, -0.15) is 0 Å². The highest BCUT2D eigenvalue weighted by Crippen LogP contribution is 2.14. The third-order valence-corrected chi connectivity index (χ3v) is 3.38. The Morgan fingerprint density at radius 2 is 2.17 bits per heavy atom. The van der Waals surface area contributed by atoms with Crippen LogP contribution < -0.4 is 10.1 Å². The fraction of sp³-hybridized carbons (Fsp3) is 0.421. The molecule has 0 saturated carbocycles. The molecule has 0 radical (unpaired) electrons. The third kappa shape index (κ3) is 5.91. The predicted molar refractivity (Wildman–Crippen MR) is 94.4 cm³/mol. The first-order valence-electron chi connectivity index (χ1n) is 8.10. The highest BCUT2D eigenvalue weighted by Gasteiger charge is 2.04. The fourth-order valence-corrected chi connectivity index (χ4v) is 2.34. The lowest BCUT2D eigenvalue weighted by atomic mass is 10.2. The van der Waals surface area contributed by atoms with Crippen LogP contribution >= 0.6 is 0 Å². The summed E-state index contributed by atoms with van der Waals surface area (Å²) < 4.78 is 7.89. The monoisotopic (exact) mass is 313 g/mol. The minimum Gasteiger partial charge on any atom is -0.489 e. The molecule has 0 unspecified atom stereocenters. The second-order valence-electron chi connectivity index (χ2n) is 6.43. The van der Waals surface area contributed by atoms with E-state index in [0.717, 1.165) is 31.0 Å². The molecule has 1 aromatic heterocycles. The minimum atomic E-state index is 0.561. The second kappa shape index (κ2) is 8.53. The highest BCUT2D eigenvalue weighted by atomic mass is 16.5. The van der Waals surface area contributed by atoms with Gasteiger partial charge in [0, 0.05) is 25.8 Å². The molecule has 0 atom stereocenters. The summed E-state index contributed by atoms with van der Waals surface area (Å²) >= 11 is 0. The van der Waals surface area contributed by atoms with E-state index in [9.17, 15) is 0 Å². The first-order chi connectivity index (χ1) is 11.0. The zero-order valence-corrected chi connectivity index (χ0v) is 14.4. The summed E-state index contributed by atoms with van der Waals surface area (Å²) in [6, 6.07) is 8.17. The number of hydrogen-bond donors (Lipinski definition) is 1. The van der Waals surface area contributed by atoms with E-state index in [1.165, 1.54) is 11.3 Å². The maximum absolute atomic E-state index is 5.68. The van der Waals surface area contributed by atoms with Crippen molar-refractivity contribution in [1.29, 1.82) is 0 Å². The van der Waals surface area contributed by atoms with Gasteiger partial charge < -0.3 is 14.6 Å². The van der Waals surface area contributed by atoms with Crippen LogP contribution in [-0.4, -0.2) is 16.2 Å². The van der Waals surface area contributed by atoms with Crippen molar-refractivity contribution in [3.8, 4) is 5.75 Å². The van der Waals surface area contributed by atoms with Crippen LogP contribution in [0.4, 0.5) is 0 Å². The van der Waals surface area contributed by atoms with Crippen LogP contribution in [0.15, 0.2) is 48.9 Å². The van der Waals surface area contributed by atoms with Crippen LogP contribution in [0.25, 0.3) is 0 Å². The molecule has 2 aromatic rings. The molecule has 23 heavy (non-hydrogen) atoms. The Morgan fingerprint density at radius 3 is 2.91 bits per heavy atom. The quantitative estimate of drug-likeness (QED) is 0.716. The van der Waals surface area contributed by atoms with Crippen molar-refractivity contribution in [3.05, 3.63) is 60.2 Å². The molecular formula is C19H27N3O. The number of hydrogen-bond acceptors (Lipinski definition) is 3. The Hall–Kier alpha value is -2.07. The van der Waals surface area contributed by atoms with E-state index in [0.29, 0.717) is 12.5 Å². The van der Waals surface area contributed by atoms with Crippen molar-refractivity contribution >= 4 is 0 Å². The molecule has 0 aliphatic rings. The average Bonchev–Trinajstić information content (AvgIpc) is 2.92. The standard InChI is InChI=1S/C19H27N3O/c1-15(2)12-22-14-21-11-18(22)10-20-9-17-6-5-7-19(8-17)23-13-16(3)4/h5-8,11,14-15,20H,3,9-10,12-13H2,1-2,4H3. The van der Waals surface area contributed by atoms with Crippen LogP contribution in [-0.2, 0) is 19.6 Å². The van der Waals surface area contributed by atoms with Crippen LogP contribution in [0.1, 0.15) is 32.0 Å². The number of nitrogens with zero attached hydrogens (tertiary/aromatic N) is 2. The van der Waals surface area contributed by atoms with Gasteiger partial charge in [0.25, 0.3) is 0 Å². The van der Waals surface area contributed by atoms with Gasteiger partial charge in [-0.25, -0.2) is 4.98 Å². The molecule has 0 saturated heterocycles. The Kier molecular flexibility index (Phi) is 6.41. The van der Waals surface area contributed by atoms with Gasteiger partial charge in [0.15, 0.2) is 0 Å². The second-order valence-corrected chi connectivity index (χ2v) is 6.43. The summed E-state index contributed by atoms with van der Waals surface area (Å²) in [5, 5.41) is 3.48. The summed E-state index contributed by atoms with van der Waals surface area (Å²) in [4.78, 5) is 4.25. The van der Waals surface area contributed by atoms with Crippen LogP contribution in [0, 0.1) is 5.92 Å². The lowest BCUT2D eigenvalue weighted by molar-refractivity contribution is 0.352. The normalized spacial score (nSPS) is 11.0. The van der Waals surface area contributed by atoms with Gasteiger partial charge in [-0.05, 0) is 36.1 Å². The predicted octanol–water partition coefficient (Wildman–Crippen LogP) is 3.78. The summed E-state index contributed by atoms with van der Waals surface area (Å²) in [5.41, 5.74) is 3.44. The van der Waals surface area contributed by atoms with E-state index >= 15 is 0 Å². The molecule has 1 aromatic carbocycles. The van der Waals surface area contributed by atoms with E-state index in [1.807, 2.05) is 31.6 Å². The molecule has 0 bridgehead atoms. The molecular weight excluding hydrogens is 286 g/mol. The van der Waals surface area contributed by atoms with Gasteiger partial charge in [0.1, 0.15) is 12.4 Å². The van der Waals surface area contributed by atoms with Crippen molar-refractivity contribution < 1.29 is 4.74 Å². The SMILES string of the molecule is C=C(C)COc1cccc(CNCc2cncn2CC(C)C)c1. The summed E-state index contributed by atoms with van der Waals surface area (Å²) in [6.07, 6.45) is 3.84. The smallest absolute Gasteiger partial charge is 0.120 e. The molecule has 1 N–H and O–H groups in total. The van der Waals surface area contributed by atoms with Crippen molar-refractivity contribution in [2.24, 2.45) is 5.92 Å². The van der Waals surface area contributed by atoms with Crippen LogP contribution in [0.5, 0.6) is 5.75 Å². The van der Waals surface area contributed by atoms with E-state index in [4.69, 9.17) is 4.74 Å². The van der Waals surface area contributed by atoms with Gasteiger partial charge in [-0.3, -0.25) is 0 Å². The first kappa shape index (κ1) is 17.3. The van der Waals surface area contributed by atoms with Crippen molar-refractivity contribution in [2.75, 3.05) is 6.61 Å². The van der Waals surface area contributed by atoms with Crippen LogP contribution in [0.3, 0.4) is 0 Å². The molecule has 0 amide bonds. The molecule has 4 heteroatoms. The average molecular weight is 313 g/mol. The van der Waals surface area contributed by atoms with E-state index in [1.54, 1.807) is 0 Å². The fourth-order valence-electron chi connectivity index (χ4n) is 2.34. The van der Waals surface area contributed by atoms with Gasteiger partial charge in [-0.1, -0.05) is 32.6 Å². The molecule has 124 valence electrons. The molecule has 4 nitrogen and oxygen atoms in total. The zero-order chi connectivity index (χ0) is 16.7. The molecule has 0 aliphatic heterocycles. The topological polar surface area (TPSA) is 39.1 Å². The number of ether oxygens (including phenoxy) is 1. The summed E-state index contributed by atoms with van der Waals surface area (Å²) in [5.74, 6) is 1.50. The van der Waals surface area contributed by atoms with Gasteiger partial charge in [0.05, 0.1) is 12.0 Å². The lowest BCUT2D eigenvalue weighted by Gasteiger charge is -2.12. The Morgan fingerprint density at radius 1 is 1.35 bits per heavy atom. The molecule has 0 fully saturated rings. The molecule has 2 rings (SSSR count). The maximum Gasteiger partial charge on any atom is 0.120 e. The molecule has 0 spiro atoms. The van der Waals surface area contributed by atoms with Gasteiger partial charge in [-0.15, -0.1) is 0 Å². The van der Waals surface area contributed by atoms with Crippen molar-refractivity contribution in [3.63, 3.8) is 0 Å².